The lowest BCUT2D eigenvalue weighted by Gasteiger charge is -2.19. The van der Waals surface area contributed by atoms with E-state index in [4.69, 9.17) is 4.74 Å². The van der Waals surface area contributed by atoms with E-state index in [9.17, 15) is 14.9 Å². The van der Waals surface area contributed by atoms with Crippen molar-refractivity contribution in [2.75, 3.05) is 7.11 Å². The smallest absolute Gasteiger partial charge is 0.311 e. The molecule has 1 aliphatic rings. The van der Waals surface area contributed by atoms with Crippen molar-refractivity contribution in [1.29, 1.82) is 0 Å². The number of nitrogens with zero attached hydrogens (tertiary/aromatic N) is 2. The number of benzene rings is 2. The van der Waals surface area contributed by atoms with Crippen LogP contribution in [0.4, 0.5) is 5.69 Å². The van der Waals surface area contributed by atoms with Crippen molar-refractivity contribution >= 4 is 17.3 Å². The van der Waals surface area contributed by atoms with Crippen LogP contribution in [0.25, 0.3) is 0 Å². The first-order valence-corrected chi connectivity index (χ1v) is 9.89. The highest BCUT2D eigenvalue weighted by atomic mass is 16.6. The van der Waals surface area contributed by atoms with E-state index < -0.39 is 4.92 Å². The summed E-state index contributed by atoms with van der Waals surface area (Å²) in [6.07, 6.45) is 0.795. The van der Waals surface area contributed by atoms with Gasteiger partial charge in [0.1, 0.15) is 0 Å². The molecule has 0 saturated heterocycles. The fourth-order valence-electron chi connectivity index (χ4n) is 3.43. The van der Waals surface area contributed by atoms with Crippen molar-refractivity contribution in [3.8, 4) is 5.75 Å². The Hall–Kier alpha value is -3.22. The normalized spacial score (nSPS) is 18.6. The zero-order chi connectivity index (χ0) is 22.1. The van der Waals surface area contributed by atoms with E-state index in [0.29, 0.717) is 11.3 Å². The number of ether oxygens (including phenoxy) is 1. The molecule has 0 bridgehead atoms. The van der Waals surface area contributed by atoms with Crippen molar-refractivity contribution in [1.82, 2.24) is 5.43 Å². The van der Waals surface area contributed by atoms with Crippen molar-refractivity contribution in [2.45, 2.75) is 45.4 Å². The molecule has 0 radical (unpaired) electrons. The van der Waals surface area contributed by atoms with Gasteiger partial charge in [-0.25, -0.2) is 5.43 Å². The summed E-state index contributed by atoms with van der Waals surface area (Å²) in [5, 5.41) is 15.3. The average Bonchev–Trinajstić information content (AvgIpc) is 3.51. The molecule has 0 aliphatic heterocycles. The first-order valence-electron chi connectivity index (χ1n) is 9.89. The molecular weight excluding hydrogens is 382 g/mol. The van der Waals surface area contributed by atoms with Gasteiger partial charge in [0.2, 0.25) is 5.91 Å². The maximum atomic E-state index is 12.5. The van der Waals surface area contributed by atoms with Gasteiger partial charge in [-0.2, -0.15) is 5.10 Å². The predicted molar refractivity (Wildman–Crippen MR) is 116 cm³/mol. The molecule has 1 aliphatic carbocycles. The Morgan fingerprint density at radius 1 is 1.20 bits per heavy atom. The van der Waals surface area contributed by atoms with Crippen LogP contribution in [0.1, 0.15) is 56.7 Å². The fourth-order valence-corrected chi connectivity index (χ4v) is 3.43. The van der Waals surface area contributed by atoms with E-state index in [0.717, 1.165) is 12.0 Å². The van der Waals surface area contributed by atoms with Crippen molar-refractivity contribution in [3.63, 3.8) is 0 Å². The van der Waals surface area contributed by atoms with Crippen LogP contribution < -0.4 is 10.2 Å². The SMILES string of the molecule is COc1ccc(/C(C)=N\NC(=O)C2CC2c2ccc(C(C)(C)C)cc2)cc1[N+](=O)[O-]. The first-order chi connectivity index (χ1) is 14.1. The highest BCUT2D eigenvalue weighted by Crippen LogP contribution is 2.47. The molecule has 2 aromatic rings. The summed E-state index contributed by atoms with van der Waals surface area (Å²) >= 11 is 0. The Balaban J connectivity index is 1.64. The Morgan fingerprint density at radius 3 is 2.43 bits per heavy atom. The third kappa shape index (κ3) is 4.67. The highest BCUT2D eigenvalue weighted by molar-refractivity contribution is 6.00. The second-order valence-electron chi connectivity index (χ2n) is 8.64. The Kier molecular flexibility index (Phi) is 5.92. The molecule has 0 spiro atoms. The maximum Gasteiger partial charge on any atom is 0.311 e. The van der Waals surface area contributed by atoms with E-state index in [1.807, 2.05) is 0 Å². The lowest BCUT2D eigenvalue weighted by Crippen LogP contribution is -2.21. The molecule has 0 aromatic heterocycles. The molecule has 2 atom stereocenters. The van der Waals surface area contributed by atoms with Crippen LogP contribution in [0.3, 0.4) is 0 Å². The van der Waals surface area contributed by atoms with Gasteiger partial charge in [0.25, 0.3) is 0 Å². The third-order valence-corrected chi connectivity index (χ3v) is 5.46. The molecule has 1 N–H and O–H groups in total. The Morgan fingerprint density at radius 2 is 1.87 bits per heavy atom. The van der Waals surface area contributed by atoms with Crippen molar-refractivity contribution in [3.05, 3.63) is 69.3 Å². The van der Waals surface area contributed by atoms with Gasteiger partial charge in [0.05, 0.1) is 17.7 Å². The Labute approximate surface area is 176 Å². The number of methoxy groups -OCH3 is 1. The van der Waals surface area contributed by atoms with E-state index in [2.05, 4.69) is 55.6 Å². The zero-order valence-corrected chi connectivity index (χ0v) is 17.9. The number of hydrogen-bond acceptors (Lipinski definition) is 5. The molecule has 2 unspecified atom stereocenters. The van der Waals surface area contributed by atoms with Gasteiger partial charge >= 0.3 is 5.69 Å². The molecule has 30 heavy (non-hydrogen) atoms. The standard InChI is InChI=1S/C23H27N3O4/c1-14(16-8-11-21(30-5)20(12-16)26(28)29)24-25-22(27)19-13-18(19)15-6-9-17(10-7-15)23(2,3)4/h6-12,18-19H,13H2,1-5H3,(H,25,27)/b24-14-. The van der Waals surface area contributed by atoms with Gasteiger partial charge in [-0.3, -0.25) is 14.9 Å². The number of nitrogens with one attached hydrogen (secondary N) is 1. The second-order valence-corrected chi connectivity index (χ2v) is 8.64. The molecule has 7 nitrogen and oxygen atoms in total. The predicted octanol–water partition coefficient (Wildman–Crippen LogP) is 4.54. The molecular formula is C23H27N3O4. The summed E-state index contributed by atoms with van der Waals surface area (Å²) in [4.78, 5) is 23.2. The molecule has 1 amide bonds. The molecule has 7 heteroatoms. The van der Waals surface area contributed by atoms with Crippen LogP contribution >= 0.6 is 0 Å². The number of hydrazone groups is 1. The summed E-state index contributed by atoms with van der Waals surface area (Å²) in [6.45, 7) is 8.22. The number of rotatable bonds is 6. The number of carbonyl (C=O) groups is 1. The molecule has 0 heterocycles. The monoisotopic (exact) mass is 409 g/mol. The number of carbonyl (C=O) groups excluding carboxylic acids is 1. The maximum absolute atomic E-state index is 12.5. The van der Waals surface area contributed by atoms with Crippen LogP contribution in [0.2, 0.25) is 0 Å². The number of hydrogen-bond donors (Lipinski definition) is 1. The van der Waals surface area contributed by atoms with Gasteiger partial charge in [-0.05, 0) is 47.9 Å². The molecule has 3 rings (SSSR count). The number of nitro benzene ring substituents is 1. The minimum atomic E-state index is -0.506. The summed E-state index contributed by atoms with van der Waals surface area (Å²) in [7, 11) is 1.38. The van der Waals surface area contributed by atoms with Crippen LogP contribution in [0, 0.1) is 16.0 Å². The molecule has 2 aromatic carbocycles. The van der Waals surface area contributed by atoms with E-state index in [1.165, 1.54) is 24.8 Å². The van der Waals surface area contributed by atoms with Crippen molar-refractivity contribution in [2.24, 2.45) is 11.0 Å². The lowest BCUT2D eigenvalue weighted by molar-refractivity contribution is -0.385. The number of amides is 1. The van der Waals surface area contributed by atoms with Crippen LogP contribution in [0.15, 0.2) is 47.6 Å². The summed E-state index contributed by atoms with van der Waals surface area (Å²) in [5.74, 6) is 0.144. The van der Waals surface area contributed by atoms with Gasteiger partial charge < -0.3 is 4.74 Å². The summed E-state index contributed by atoms with van der Waals surface area (Å²) in [5.41, 5.74) is 6.02. The average molecular weight is 409 g/mol. The first kappa shape index (κ1) is 21.5. The highest BCUT2D eigenvalue weighted by Gasteiger charge is 2.44. The van der Waals surface area contributed by atoms with E-state index >= 15 is 0 Å². The third-order valence-electron chi connectivity index (χ3n) is 5.46. The largest absolute Gasteiger partial charge is 0.490 e. The van der Waals surface area contributed by atoms with Gasteiger partial charge in [0.15, 0.2) is 5.75 Å². The zero-order valence-electron chi connectivity index (χ0n) is 17.9. The summed E-state index contributed by atoms with van der Waals surface area (Å²) in [6, 6.07) is 13.0. The van der Waals surface area contributed by atoms with Crippen molar-refractivity contribution < 1.29 is 14.5 Å². The van der Waals surface area contributed by atoms with E-state index in [1.54, 1.807) is 13.0 Å². The van der Waals surface area contributed by atoms with Crippen LogP contribution in [-0.2, 0) is 10.2 Å². The van der Waals surface area contributed by atoms with Gasteiger partial charge in [-0.15, -0.1) is 0 Å². The fraction of sp³-hybridized carbons (Fsp3) is 0.391. The minimum Gasteiger partial charge on any atom is -0.490 e. The van der Waals surface area contributed by atoms with E-state index in [-0.39, 0.29) is 34.6 Å². The number of nitro groups is 1. The lowest BCUT2D eigenvalue weighted by atomic mass is 9.86. The van der Waals surface area contributed by atoms with Gasteiger partial charge in [-0.1, -0.05) is 45.0 Å². The molecule has 158 valence electrons. The molecule has 1 saturated carbocycles. The van der Waals surface area contributed by atoms with Crippen LogP contribution in [-0.4, -0.2) is 23.7 Å². The quantitative estimate of drug-likeness (QED) is 0.430. The topological polar surface area (TPSA) is 93.8 Å². The van der Waals surface area contributed by atoms with Gasteiger partial charge in [0, 0.05) is 17.5 Å². The minimum absolute atomic E-state index is 0.0988. The second kappa shape index (κ2) is 8.26. The Bertz CT molecular complexity index is 990. The molecule has 1 fully saturated rings. The van der Waals surface area contributed by atoms with Crippen LogP contribution in [0.5, 0.6) is 5.75 Å². The summed E-state index contributed by atoms with van der Waals surface area (Å²) < 4.78 is 5.01.